The van der Waals surface area contributed by atoms with Crippen LogP contribution in [0.25, 0.3) is 39.5 Å². The van der Waals surface area contributed by atoms with E-state index in [0.717, 1.165) is 70.3 Å². The van der Waals surface area contributed by atoms with Gasteiger partial charge in [0.1, 0.15) is 17.0 Å². The van der Waals surface area contributed by atoms with Crippen LogP contribution in [0, 0.1) is 6.92 Å². The summed E-state index contributed by atoms with van der Waals surface area (Å²) in [6.45, 7) is 4.04. The average Bonchev–Trinajstić information content (AvgIpc) is 3.49. The lowest BCUT2D eigenvalue weighted by Crippen LogP contribution is -2.31. The van der Waals surface area contributed by atoms with Crippen molar-refractivity contribution in [2.24, 2.45) is 0 Å². The minimum atomic E-state index is 0.567. The Kier molecular flexibility index (Phi) is 4.99. The summed E-state index contributed by atoms with van der Waals surface area (Å²) in [6.07, 6.45) is 5.16. The number of likely N-dealkylation sites (N-methyl/N-ethyl adjacent to an activating group) is 1. The van der Waals surface area contributed by atoms with Crippen molar-refractivity contribution in [3.8, 4) is 22.8 Å². The first-order valence-electron chi connectivity index (χ1n) is 11.7. The number of hydrogen-bond donors (Lipinski definition) is 0. The van der Waals surface area contributed by atoms with Gasteiger partial charge in [-0.25, -0.2) is 9.97 Å². The summed E-state index contributed by atoms with van der Waals surface area (Å²) in [5, 5.41) is 0. The minimum absolute atomic E-state index is 0.567. The first-order valence-corrected chi connectivity index (χ1v) is 11.7. The van der Waals surface area contributed by atoms with Crippen LogP contribution in [0.2, 0.25) is 0 Å². The van der Waals surface area contributed by atoms with Crippen molar-refractivity contribution in [2.45, 2.75) is 19.4 Å². The van der Waals surface area contributed by atoms with Gasteiger partial charge in [-0.1, -0.05) is 12.1 Å². The maximum atomic E-state index is 5.07. The van der Waals surface area contributed by atoms with E-state index in [1.54, 1.807) is 0 Å². The molecule has 170 valence electrons. The number of aromatic nitrogens is 5. The third-order valence-corrected chi connectivity index (χ3v) is 6.69. The van der Waals surface area contributed by atoms with E-state index in [1.807, 2.05) is 67.8 Å². The van der Waals surface area contributed by atoms with E-state index >= 15 is 0 Å². The van der Waals surface area contributed by atoms with Gasteiger partial charge in [-0.15, -0.1) is 0 Å². The van der Waals surface area contributed by atoms with Crippen molar-refractivity contribution in [1.82, 2.24) is 29.2 Å². The number of nitrogens with zero attached hydrogens (tertiary/aromatic N) is 7. The van der Waals surface area contributed by atoms with Gasteiger partial charge >= 0.3 is 0 Å². The quantitative estimate of drug-likeness (QED) is 0.404. The molecule has 5 aromatic rings. The third kappa shape index (κ3) is 3.58. The second-order valence-electron chi connectivity index (χ2n) is 9.18. The fraction of sp³-hybridized carbons (Fsp3) is 0.259. The summed E-state index contributed by atoms with van der Waals surface area (Å²) in [5.74, 6) is 0. The maximum Gasteiger partial charge on any atom is 0.138 e. The Morgan fingerprint density at radius 2 is 1.82 bits per heavy atom. The van der Waals surface area contributed by atoms with E-state index in [1.165, 1.54) is 0 Å². The molecule has 7 heteroatoms. The normalized spacial score (nSPS) is 16.2. The number of anilines is 1. The maximum absolute atomic E-state index is 5.07. The molecule has 0 aromatic carbocycles. The summed E-state index contributed by atoms with van der Waals surface area (Å²) < 4.78 is 2.09. The number of fused-ring (bicyclic) bond motifs is 2. The van der Waals surface area contributed by atoms with Crippen molar-refractivity contribution in [3.63, 3.8) is 0 Å². The fourth-order valence-corrected chi connectivity index (χ4v) is 4.79. The van der Waals surface area contributed by atoms with Gasteiger partial charge in [0.2, 0.25) is 0 Å². The Balaban J connectivity index is 1.48. The lowest BCUT2D eigenvalue weighted by Gasteiger charge is -2.21. The standard InChI is InChI=1S/C27H27N7/c1-18-7-6-8-22(29-18)26-27(34-13-5-4-9-25(34)31-26)23-11-10-21-24(30-23)15-20(16-28-21)33-14-12-19(17-33)32(2)3/h4-11,13,15-16,19H,12,14,17H2,1-3H3/t19-/m0/s1. The highest BCUT2D eigenvalue weighted by molar-refractivity contribution is 5.84. The van der Waals surface area contributed by atoms with Crippen LogP contribution in [-0.2, 0) is 0 Å². The molecule has 1 aliphatic rings. The average molecular weight is 450 g/mol. The molecule has 5 aromatic heterocycles. The topological polar surface area (TPSA) is 62.5 Å². The first kappa shape index (κ1) is 20.7. The molecule has 1 atom stereocenters. The van der Waals surface area contributed by atoms with Crippen LogP contribution >= 0.6 is 0 Å². The molecule has 0 N–H and O–H groups in total. The largest absolute Gasteiger partial charge is 0.369 e. The van der Waals surface area contributed by atoms with Crippen LogP contribution in [0.1, 0.15) is 12.1 Å². The zero-order valence-corrected chi connectivity index (χ0v) is 19.7. The van der Waals surface area contributed by atoms with Crippen molar-refractivity contribution in [1.29, 1.82) is 0 Å². The van der Waals surface area contributed by atoms with Crippen molar-refractivity contribution >= 4 is 22.4 Å². The van der Waals surface area contributed by atoms with Crippen LogP contribution < -0.4 is 4.90 Å². The Bertz CT molecular complexity index is 1500. The highest BCUT2D eigenvalue weighted by atomic mass is 15.2. The molecule has 1 saturated heterocycles. The van der Waals surface area contributed by atoms with Gasteiger partial charge in [-0.3, -0.25) is 14.4 Å². The highest BCUT2D eigenvalue weighted by Crippen LogP contribution is 2.32. The predicted molar refractivity (Wildman–Crippen MR) is 136 cm³/mol. The molecular formula is C27H27N7. The molecule has 0 radical (unpaired) electrons. The van der Waals surface area contributed by atoms with Crippen LogP contribution in [0.15, 0.2) is 67.0 Å². The highest BCUT2D eigenvalue weighted by Gasteiger charge is 2.25. The summed E-state index contributed by atoms with van der Waals surface area (Å²) >= 11 is 0. The van der Waals surface area contributed by atoms with Crippen molar-refractivity contribution < 1.29 is 0 Å². The lowest BCUT2D eigenvalue weighted by molar-refractivity contribution is 0.315. The molecule has 0 amide bonds. The van der Waals surface area contributed by atoms with Crippen LogP contribution in [0.3, 0.4) is 0 Å². The summed E-state index contributed by atoms with van der Waals surface area (Å²) in [4.78, 5) is 24.2. The molecule has 6 heterocycles. The van der Waals surface area contributed by atoms with Crippen molar-refractivity contribution in [2.75, 3.05) is 32.1 Å². The zero-order valence-electron chi connectivity index (χ0n) is 19.7. The second kappa shape index (κ2) is 8.18. The number of aryl methyl sites for hydroxylation is 1. The smallest absolute Gasteiger partial charge is 0.138 e. The molecule has 34 heavy (non-hydrogen) atoms. The molecule has 0 bridgehead atoms. The molecule has 1 fully saturated rings. The van der Waals surface area contributed by atoms with Gasteiger partial charge in [0.25, 0.3) is 0 Å². The van der Waals surface area contributed by atoms with Gasteiger partial charge in [0.05, 0.1) is 34.3 Å². The molecule has 7 nitrogen and oxygen atoms in total. The molecule has 0 aliphatic carbocycles. The van der Waals surface area contributed by atoms with E-state index in [4.69, 9.17) is 19.9 Å². The Morgan fingerprint density at radius 1 is 0.912 bits per heavy atom. The Labute approximate surface area is 198 Å². The van der Waals surface area contributed by atoms with E-state index < -0.39 is 0 Å². The molecule has 0 saturated carbocycles. The van der Waals surface area contributed by atoms with Gasteiger partial charge in [-0.2, -0.15) is 0 Å². The Hall–Kier alpha value is -3.84. The second-order valence-corrected chi connectivity index (χ2v) is 9.18. The van der Waals surface area contributed by atoms with Gasteiger partial charge in [0, 0.05) is 31.0 Å². The summed E-state index contributed by atoms with van der Waals surface area (Å²) in [6, 6.07) is 18.9. The van der Waals surface area contributed by atoms with E-state index in [-0.39, 0.29) is 0 Å². The van der Waals surface area contributed by atoms with Gasteiger partial charge < -0.3 is 9.80 Å². The first-order chi connectivity index (χ1) is 16.6. The van der Waals surface area contributed by atoms with Crippen LogP contribution in [0.4, 0.5) is 5.69 Å². The zero-order chi connectivity index (χ0) is 23.2. The predicted octanol–water partition coefficient (Wildman–Crippen LogP) is 4.46. The molecule has 6 rings (SSSR count). The lowest BCUT2D eigenvalue weighted by atomic mass is 10.1. The van der Waals surface area contributed by atoms with E-state index in [0.29, 0.717) is 6.04 Å². The number of pyridine rings is 4. The van der Waals surface area contributed by atoms with E-state index in [2.05, 4.69) is 34.4 Å². The van der Waals surface area contributed by atoms with E-state index in [9.17, 15) is 0 Å². The van der Waals surface area contributed by atoms with Gasteiger partial charge in [0.15, 0.2) is 0 Å². The number of rotatable bonds is 4. The van der Waals surface area contributed by atoms with Crippen LogP contribution in [-0.4, -0.2) is 62.5 Å². The number of imidazole rings is 1. The molecule has 1 aliphatic heterocycles. The molecular weight excluding hydrogens is 422 g/mol. The van der Waals surface area contributed by atoms with Crippen LogP contribution in [0.5, 0.6) is 0 Å². The third-order valence-electron chi connectivity index (χ3n) is 6.69. The summed E-state index contributed by atoms with van der Waals surface area (Å²) in [7, 11) is 4.30. The van der Waals surface area contributed by atoms with Gasteiger partial charge in [-0.05, 0) is 69.9 Å². The van der Waals surface area contributed by atoms with Crippen molar-refractivity contribution in [3.05, 3.63) is 72.7 Å². The monoisotopic (exact) mass is 449 g/mol. The molecule has 0 unspecified atom stereocenters. The fourth-order valence-electron chi connectivity index (χ4n) is 4.79. The Morgan fingerprint density at radius 3 is 2.65 bits per heavy atom. The minimum Gasteiger partial charge on any atom is -0.369 e. The SMILES string of the molecule is Cc1cccc(-c2nc3ccccn3c2-c2ccc3ncc(N4CC[C@H](N(C)C)C4)cc3n2)n1. The molecule has 0 spiro atoms. The number of hydrogen-bond acceptors (Lipinski definition) is 6. The summed E-state index contributed by atoms with van der Waals surface area (Å²) in [5.41, 5.74) is 8.21.